The van der Waals surface area contributed by atoms with Gasteiger partial charge in [0.2, 0.25) is 0 Å². The van der Waals surface area contributed by atoms with E-state index in [2.05, 4.69) is 0 Å². The van der Waals surface area contributed by atoms with E-state index >= 15 is 4.39 Å². The lowest BCUT2D eigenvalue weighted by molar-refractivity contribution is 0.0962. The van der Waals surface area contributed by atoms with Gasteiger partial charge >= 0.3 is 0 Å². The number of Topliss-reactive ketones (excluding diaryl/α,β-unsaturated/α-hetero) is 1. The van der Waals surface area contributed by atoms with Gasteiger partial charge in [-0.15, -0.1) is 0 Å². The highest BCUT2D eigenvalue weighted by atomic mass is 19.1. The van der Waals surface area contributed by atoms with Crippen molar-refractivity contribution < 1.29 is 28.5 Å². The minimum atomic E-state index is -0.654. The van der Waals surface area contributed by atoms with Gasteiger partial charge in [-0.3, -0.25) is 10.2 Å². The van der Waals surface area contributed by atoms with E-state index < -0.39 is 11.2 Å². The van der Waals surface area contributed by atoms with Gasteiger partial charge in [-0.2, -0.15) is 0 Å². The number of rotatable bonds is 8. The molecule has 0 saturated heterocycles. The molecule has 7 nitrogen and oxygen atoms in total. The van der Waals surface area contributed by atoms with Crippen molar-refractivity contribution in [3.05, 3.63) is 46.3 Å². The second-order valence-corrected chi connectivity index (χ2v) is 8.87. The number of amidine groups is 1. The number of ketones is 1. The summed E-state index contributed by atoms with van der Waals surface area (Å²) in [7, 11) is 1.43. The first-order valence-corrected chi connectivity index (χ1v) is 10.9. The third-order valence-electron chi connectivity index (χ3n) is 5.53. The number of carbonyl (C=O) groups excluding carboxylic acids is 1. The summed E-state index contributed by atoms with van der Waals surface area (Å²) in [5.74, 6) is -0.535. The lowest BCUT2D eigenvalue weighted by atomic mass is 9.84. The van der Waals surface area contributed by atoms with Crippen molar-refractivity contribution in [2.24, 2.45) is 0 Å². The number of aromatic hydroxyl groups is 1. The summed E-state index contributed by atoms with van der Waals surface area (Å²) < 4.78 is 31.5. The van der Waals surface area contributed by atoms with Gasteiger partial charge < -0.3 is 24.2 Å². The van der Waals surface area contributed by atoms with Crippen molar-refractivity contribution in [3.63, 3.8) is 0 Å². The molecule has 1 aliphatic heterocycles. The molecule has 33 heavy (non-hydrogen) atoms. The Morgan fingerprint density at radius 2 is 1.82 bits per heavy atom. The largest absolute Gasteiger partial charge is 0.504 e. The van der Waals surface area contributed by atoms with Crippen LogP contribution in [0.25, 0.3) is 0 Å². The summed E-state index contributed by atoms with van der Waals surface area (Å²) in [5, 5.41) is 19.0. The number of fused-ring (bicyclic) bond motifs is 1. The minimum absolute atomic E-state index is 0.00292. The highest BCUT2D eigenvalue weighted by Gasteiger charge is 2.33. The molecule has 2 N–H and O–H groups in total. The SMILES string of the molecule is CCOc1cc2c(c(F)c1OCC)C(=N)N(CC(=O)c1cc(OC)c(O)c(C(C)(C)C)c1)C2. The third-order valence-corrected chi connectivity index (χ3v) is 5.53. The molecular formula is C25H31FN2O5. The molecule has 0 saturated carbocycles. The maximum atomic E-state index is 15.3. The molecule has 0 radical (unpaired) electrons. The van der Waals surface area contributed by atoms with Crippen LogP contribution in [0.4, 0.5) is 4.39 Å². The molecule has 0 aromatic heterocycles. The van der Waals surface area contributed by atoms with Crippen LogP contribution in [0.2, 0.25) is 0 Å². The summed E-state index contributed by atoms with van der Waals surface area (Å²) in [6.07, 6.45) is 0. The Bertz CT molecular complexity index is 1090. The van der Waals surface area contributed by atoms with E-state index in [1.165, 1.54) is 18.1 Å². The average molecular weight is 459 g/mol. The molecule has 0 bridgehead atoms. The molecule has 178 valence electrons. The van der Waals surface area contributed by atoms with Crippen molar-refractivity contribution >= 4 is 11.6 Å². The molecule has 2 aromatic rings. The van der Waals surface area contributed by atoms with Crippen LogP contribution in [0.3, 0.4) is 0 Å². The lowest BCUT2D eigenvalue weighted by Gasteiger charge is -2.23. The van der Waals surface area contributed by atoms with E-state index in [4.69, 9.17) is 19.6 Å². The van der Waals surface area contributed by atoms with Gasteiger partial charge in [0.15, 0.2) is 34.6 Å². The van der Waals surface area contributed by atoms with Crippen molar-refractivity contribution in [2.45, 2.75) is 46.6 Å². The zero-order valence-electron chi connectivity index (χ0n) is 20.0. The van der Waals surface area contributed by atoms with Crippen LogP contribution in [0.1, 0.15) is 61.7 Å². The normalized spacial score (nSPS) is 13.2. The van der Waals surface area contributed by atoms with Crippen LogP contribution in [-0.2, 0) is 12.0 Å². The van der Waals surface area contributed by atoms with Crippen LogP contribution in [0.5, 0.6) is 23.0 Å². The molecular weight excluding hydrogens is 427 g/mol. The van der Waals surface area contributed by atoms with E-state index in [1.807, 2.05) is 20.8 Å². The van der Waals surface area contributed by atoms with E-state index in [-0.39, 0.29) is 59.9 Å². The summed E-state index contributed by atoms with van der Waals surface area (Å²) in [5.41, 5.74) is 1.20. The number of benzene rings is 2. The van der Waals surface area contributed by atoms with Gasteiger partial charge in [-0.05, 0) is 43.0 Å². The number of halogens is 1. The fraction of sp³-hybridized carbons (Fsp3) is 0.440. The van der Waals surface area contributed by atoms with Crippen molar-refractivity contribution in [2.75, 3.05) is 26.9 Å². The Hall–Kier alpha value is -3.29. The van der Waals surface area contributed by atoms with Crippen LogP contribution >= 0.6 is 0 Å². The highest BCUT2D eigenvalue weighted by molar-refractivity contribution is 6.06. The number of carbonyl (C=O) groups is 1. The summed E-state index contributed by atoms with van der Waals surface area (Å²) >= 11 is 0. The predicted octanol–water partition coefficient (Wildman–Crippen LogP) is 4.66. The summed E-state index contributed by atoms with van der Waals surface area (Å²) in [6.45, 7) is 10.00. The number of hydrogen-bond acceptors (Lipinski definition) is 6. The van der Waals surface area contributed by atoms with Gasteiger partial charge in [0.25, 0.3) is 0 Å². The number of nitrogens with zero attached hydrogens (tertiary/aromatic N) is 1. The van der Waals surface area contributed by atoms with E-state index in [1.54, 1.807) is 26.0 Å². The molecule has 8 heteroatoms. The molecule has 0 amide bonds. The molecule has 0 fully saturated rings. The van der Waals surface area contributed by atoms with Crippen molar-refractivity contribution in [3.8, 4) is 23.0 Å². The Balaban J connectivity index is 1.93. The van der Waals surface area contributed by atoms with Gasteiger partial charge in [-0.25, -0.2) is 4.39 Å². The topological polar surface area (TPSA) is 92.1 Å². The van der Waals surface area contributed by atoms with Crippen molar-refractivity contribution in [1.29, 1.82) is 5.41 Å². The zero-order valence-corrected chi connectivity index (χ0v) is 20.0. The smallest absolute Gasteiger partial charge is 0.197 e. The third kappa shape index (κ3) is 4.60. The number of methoxy groups -OCH3 is 1. The summed E-state index contributed by atoms with van der Waals surface area (Å²) in [4.78, 5) is 14.7. The first kappa shape index (κ1) is 24.4. The standard InChI is InChI=1S/C25H31FN2O5/c1-7-32-19-11-15-12-28(24(27)20(15)21(26)23(19)33-8-2)13-17(29)14-9-16(25(3,4)5)22(30)18(10-14)31-6/h9-11,27,30H,7-8,12-13H2,1-6H3. The van der Waals surface area contributed by atoms with Crippen molar-refractivity contribution in [1.82, 2.24) is 4.90 Å². The van der Waals surface area contributed by atoms with Gasteiger partial charge in [0.1, 0.15) is 5.84 Å². The number of ether oxygens (including phenoxy) is 3. The van der Waals surface area contributed by atoms with Gasteiger partial charge in [-0.1, -0.05) is 20.8 Å². The number of hydrogen-bond donors (Lipinski definition) is 2. The fourth-order valence-electron chi connectivity index (χ4n) is 3.92. The van der Waals surface area contributed by atoms with Crippen LogP contribution in [0.15, 0.2) is 18.2 Å². The molecule has 3 rings (SSSR count). The molecule has 1 heterocycles. The highest BCUT2D eigenvalue weighted by Crippen LogP contribution is 2.40. The Morgan fingerprint density at radius 3 is 2.39 bits per heavy atom. The molecule has 0 unspecified atom stereocenters. The fourth-order valence-corrected chi connectivity index (χ4v) is 3.92. The maximum absolute atomic E-state index is 15.3. The molecule has 0 aliphatic carbocycles. The van der Waals surface area contributed by atoms with Gasteiger partial charge in [0, 0.05) is 17.7 Å². The average Bonchev–Trinajstić information content (AvgIpc) is 3.05. The van der Waals surface area contributed by atoms with E-state index in [0.717, 1.165) is 0 Å². The number of phenolic OH excluding ortho intramolecular Hbond substituents is 1. The van der Waals surface area contributed by atoms with E-state index in [0.29, 0.717) is 23.3 Å². The van der Waals surface area contributed by atoms with Gasteiger partial charge in [0.05, 0.1) is 32.4 Å². The minimum Gasteiger partial charge on any atom is -0.504 e. The lowest BCUT2D eigenvalue weighted by Crippen LogP contribution is -2.30. The first-order chi connectivity index (χ1) is 15.5. The quantitative estimate of drug-likeness (QED) is 0.559. The van der Waals surface area contributed by atoms with Crippen LogP contribution in [-0.4, -0.2) is 48.5 Å². The molecule has 2 aromatic carbocycles. The molecule has 0 spiro atoms. The number of phenols is 1. The molecule has 0 atom stereocenters. The zero-order chi connectivity index (χ0) is 24.5. The Kier molecular flexibility index (Phi) is 6.86. The monoisotopic (exact) mass is 458 g/mol. The molecule has 1 aliphatic rings. The van der Waals surface area contributed by atoms with Crippen LogP contribution < -0.4 is 14.2 Å². The first-order valence-electron chi connectivity index (χ1n) is 10.9. The summed E-state index contributed by atoms with van der Waals surface area (Å²) in [6, 6.07) is 4.81. The Labute approximate surface area is 193 Å². The second-order valence-electron chi connectivity index (χ2n) is 8.87. The Morgan fingerprint density at radius 1 is 1.15 bits per heavy atom. The number of nitrogens with one attached hydrogen (secondary N) is 1. The maximum Gasteiger partial charge on any atom is 0.197 e. The van der Waals surface area contributed by atoms with Crippen LogP contribution in [0, 0.1) is 11.2 Å². The predicted molar refractivity (Wildman–Crippen MR) is 124 cm³/mol. The van der Waals surface area contributed by atoms with E-state index in [9.17, 15) is 9.90 Å². The second kappa shape index (κ2) is 9.29.